The minimum absolute atomic E-state index is 0.0277. The first-order chi connectivity index (χ1) is 9.60. The Morgan fingerprint density at radius 3 is 3.00 bits per heavy atom. The van der Waals surface area contributed by atoms with Crippen molar-refractivity contribution < 1.29 is 4.92 Å². The second-order valence-electron chi connectivity index (χ2n) is 5.10. The fourth-order valence-electron chi connectivity index (χ4n) is 2.46. The maximum atomic E-state index is 11.1. The van der Waals surface area contributed by atoms with Gasteiger partial charge in [0.05, 0.1) is 4.92 Å². The summed E-state index contributed by atoms with van der Waals surface area (Å²) in [6, 6.07) is 3.34. The Labute approximate surface area is 118 Å². The zero-order valence-electron chi connectivity index (χ0n) is 11.9. The number of likely N-dealkylation sites (N-methyl/N-ethyl adjacent to an activating group) is 1. The molecule has 2 N–H and O–H groups in total. The zero-order valence-corrected chi connectivity index (χ0v) is 11.9. The van der Waals surface area contributed by atoms with Gasteiger partial charge < -0.3 is 15.5 Å². The Kier molecular flexibility index (Phi) is 4.73. The zero-order chi connectivity index (χ0) is 14.5. The molecule has 110 valence electrons. The van der Waals surface area contributed by atoms with Crippen LogP contribution in [0.2, 0.25) is 0 Å². The number of nitrogens with zero attached hydrogens (tertiary/aromatic N) is 3. The van der Waals surface area contributed by atoms with E-state index in [0.717, 1.165) is 32.5 Å². The average Bonchev–Trinajstić information content (AvgIpc) is 2.39. The second-order valence-corrected chi connectivity index (χ2v) is 5.10. The van der Waals surface area contributed by atoms with Crippen molar-refractivity contribution in [1.29, 1.82) is 0 Å². The molecule has 1 unspecified atom stereocenters. The topological polar surface area (TPSA) is 83.3 Å². The summed E-state index contributed by atoms with van der Waals surface area (Å²) in [6.07, 6.45) is 2.10. The number of nitrogens with one attached hydrogen (secondary N) is 2. The molecule has 1 aromatic rings. The molecule has 0 amide bonds. The van der Waals surface area contributed by atoms with Gasteiger partial charge in [-0.2, -0.15) is 0 Å². The third-order valence-corrected chi connectivity index (χ3v) is 3.39. The summed E-state index contributed by atoms with van der Waals surface area (Å²) in [5.41, 5.74) is 0.0277. The number of pyridine rings is 1. The average molecular weight is 279 g/mol. The second kappa shape index (κ2) is 6.51. The molecule has 0 saturated carbocycles. The maximum absolute atomic E-state index is 11.1. The normalized spacial score (nSPS) is 19.6. The fraction of sp³-hybridized carbons (Fsp3) is 0.615. The van der Waals surface area contributed by atoms with Crippen molar-refractivity contribution in [3.05, 3.63) is 22.2 Å². The van der Waals surface area contributed by atoms with Gasteiger partial charge in [-0.1, -0.05) is 0 Å². The van der Waals surface area contributed by atoms with Gasteiger partial charge in [0.25, 0.3) is 0 Å². The standard InChI is InChI=1S/C13H21N5O2/c1-3-14-12-7-6-11(18(19)20)13(16-12)15-10-5-4-8-17(2)9-10/h6-7,10H,3-5,8-9H2,1-2H3,(H2,14,15,16). The number of aromatic nitrogens is 1. The van der Waals surface area contributed by atoms with Gasteiger partial charge in [0.15, 0.2) is 0 Å². The molecule has 7 nitrogen and oxygen atoms in total. The summed E-state index contributed by atoms with van der Waals surface area (Å²) >= 11 is 0. The van der Waals surface area contributed by atoms with Crippen LogP contribution in [0.1, 0.15) is 19.8 Å². The van der Waals surface area contributed by atoms with E-state index in [0.29, 0.717) is 11.6 Å². The maximum Gasteiger partial charge on any atom is 0.311 e. The van der Waals surface area contributed by atoms with Gasteiger partial charge in [0, 0.05) is 25.2 Å². The van der Waals surface area contributed by atoms with E-state index in [1.54, 1.807) is 6.07 Å². The molecule has 1 aliphatic rings. The molecule has 2 rings (SSSR count). The molecule has 1 saturated heterocycles. The Morgan fingerprint density at radius 1 is 1.55 bits per heavy atom. The largest absolute Gasteiger partial charge is 0.370 e. The number of hydrogen-bond acceptors (Lipinski definition) is 6. The molecule has 0 aromatic carbocycles. The van der Waals surface area contributed by atoms with Crippen LogP contribution >= 0.6 is 0 Å². The lowest BCUT2D eigenvalue weighted by Gasteiger charge is -2.30. The highest BCUT2D eigenvalue weighted by Gasteiger charge is 2.22. The number of anilines is 2. The summed E-state index contributed by atoms with van der Waals surface area (Å²) in [5.74, 6) is 1.01. The Morgan fingerprint density at radius 2 is 2.35 bits per heavy atom. The van der Waals surface area contributed by atoms with Gasteiger partial charge in [-0.3, -0.25) is 10.1 Å². The molecule has 1 aromatic heterocycles. The summed E-state index contributed by atoms with van der Waals surface area (Å²) in [6.45, 7) is 4.65. The molecule has 0 bridgehead atoms. The van der Waals surface area contributed by atoms with Crippen LogP contribution in [0.25, 0.3) is 0 Å². The molecule has 1 fully saturated rings. The van der Waals surface area contributed by atoms with E-state index in [9.17, 15) is 10.1 Å². The minimum Gasteiger partial charge on any atom is -0.370 e. The molecule has 2 heterocycles. The van der Waals surface area contributed by atoms with Gasteiger partial charge in [-0.25, -0.2) is 4.98 Å². The van der Waals surface area contributed by atoms with Crippen molar-refractivity contribution in [2.75, 3.05) is 37.3 Å². The minimum atomic E-state index is -0.391. The highest BCUT2D eigenvalue weighted by atomic mass is 16.6. The van der Waals surface area contributed by atoms with Crippen LogP contribution in [0.5, 0.6) is 0 Å². The number of hydrogen-bond donors (Lipinski definition) is 2. The van der Waals surface area contributed by atoms with Crippen LogP contribution in [-0.4, -0.2) is 47.5 Å². The first kappa shape index (κ1) is 14.5. The fourth-order valence-corrected chi connectivity index (χ4v) is 2.46. The Bertz CT molecular complexity index is 480. The summed E-state index contributed by atoms with van der Waals surface area (Å²) in [5, 5.41) is 17.4. The van der Waals surface area contributed by atoms with E-state index in [1.807, 2.05) is 6.92 Å². The molecule has 1 atom stereocenters. The highest BCUT2D eigenvalue weighted by molar-refractivity contribution is 5.60. The van der Waals surface area contributed by atoms with Crippen LogP contribution in [0, 0.1) is 10.1 Å². The summed E-state index contributed by atoms with van der Waals surface area (Å²) in [4.78, 5) is 17.2. The first-order valence-corrected chi connectivity index (χ1v) is 6.94. The van der Waals surface area contributed by atoms with Gasteiger partial charge in [0.1, 0.15) is 5.82 Å². The van der Waals surface area contributed by atoms with Crippen LogP contribution in [0.15, 0.2) is 12.1 Å². The molecular formula is C13H21N5O2. The number of piperidine rings is 1. The quantitative estimate of drug-likeness (QED) is 0.633. The van der Waals surface area contributed by atoms with E-state index in [4.69, 9.17) is 0 Å². The summed E-state index contributed by atoms with van der Waals surface area (Å²) in [7, 11) is 2.06. The van der Waals surface area contributed by atoms with Crippen molar-refractivity contribution in [1.82, 2.24) is 9.88 Å². The SMILES string of the molecule is CCNc1ccc([N+](=O)[O-])c(NC2CCCN(C)C2)n1. The molecule has 0 spiro atoms. The van der Waals surface area contributed by atoms with E-state index >= 15 is 0 Å². The van der Waals surface area contributed by atoms with Crippen molar-refractivity contribution in [2.45, 2.75) is 25.8 Å². The number of rotatable bonds is 5. The Hall–Kier alpha value is -1.89. The van der Waals surface area contributed by atoms with Crippen molar-refractivity contribution in [3.63, 3.8) is 0 Å². The lowest BCUT2D eigenvalue weighted by molar-refractivity contribution is -0.384. The Balaban J connectivity index is 2.18. The van der Waals surface area contributed by atoms with E-state index in [1.165, 1.54) is 6.07 Å². The van der Waals surface area contributed by atoms with Crippen molar-refractivity contribution in [2.24, 2.45) is 0 Å². The third kappa shape index (κ3) is 3.57. The van der Waals surface area contributed by atoms with Crippen molar-refractivity contribution in [3.8, 4) is 0 Å². The van der Waals surface area contributed by atoms with Gasteiger partial charge in [0.2, 0.25) is 5.82 Å². The molecule has 0 radical (unpaired) electrons. The van der Waals surface area contributed by atoms with Crippen LogP contribution in [-0.2, 0) is 0 Å². The predicted octanol–water partition coefficient (Wildman–Crippen LogP) is 1.93. The third-order valence-electron chi connectivity index (χ3n) is 3.39. The molecule has 0 aliphatic carbocycles. The van der Waals surface area contributed by atoms with Gasteiger partial charge in [-0.05, 0) is 39.4 Å². The molecule has 1 aliphatic heterocycles. The van der Waals surface area contributed by atoms with Crippen molar-refractivity contribution >= 4 is 17.3 Å². The molecular weight excluding hydrogens is 258 g/mol. The van der Waals surface area contributed by atoms with Gasteiger partial charge >= 0.3 is 5.69 Å². The monoisotopic (exact) mass is 279 g/mol. The molecule has 20 heavy (non-hydrogen) atoms. The van der Waals surface area contributed by atoms with E-state index in [-0.39, 0.29) is 11.7 Å². The van der Waals surface area contributed by atoms with E-state index in [2.05, 4.69) is 27.6 Å². The summed E-state index contributed by atoms with van der Waals surface area (Å²) < 4.78 is 0. The smallest absolute Gasteiger partial charge is 0.311 e. The molecule has 7 heteroatoms. The lowest BCUT2D eigenvalue weighted by Crippen LogP contribution is -2.40. The number of nitro groups is 1. The lowest BCUT2D eigenvalue weighted by atomic mass is 10.1. The van der Waals surface area contributed by atoms with Gasteiger partial charge in [-0.15, -0.1) is 0 Å². The van der Waals surface area contributed by atoms with Crippen LogP contribution < -0.4 is 10.6 Å². The predicted molar refractivity (Wildman–Crippen MR) is 79.2 cm³/mol. The van der Waals surface area contributed by atoms with Crippen LogP contribution in [0.3, 0.4) is 0 Å². The highest BCUT2D eigenvalue weighted by Crippen LogP contribution is 2.26. The van der Waals surface area contributed by atoms with E-state index < -0.39 is 4.92 Å². The van der Waals surface area contributed by atoms with Crippen LogP contribution in [0.4, 0.5) is 17.3 Å². The first-order valence-electron chi connectivity index (χ1n) is 6.94. The number of likely N-dealkylation sites (tertiary alicyclic amines) is 1.